The quantitative estimate of drug-likeness (QED) is 0.836. The summed E-state index contributed by atoms with van der Waals surface area (Å²) < 4.78 is 11.5. The largest absolute Gasteiger partial charge is 0.493 e. The zero-order valence-electron chi connectivity index (χ0n) is 12.1. The van der Waals surface area contributed by atoms with Crippen molar-refractivity contribution in [3.8, 4) is 11.5 Å². The molecule has 2 aliphatic carbocycles. The molecular formula is C17H22O3. The van der Waals surface area contributed by atoms with Crippen LogP contribution >= 0.6 is 0 Å². The van der Waals surface area contributed by atoms with Crippen LogP contribution in [0.1, 0.15) is 56.4 Å². The summed E-state index contributed by atoms with van der Waals surface area (Å²) in [6.45, 7) is 0. The van der Waals surface area contributed by atoms with E-state index < -0.39 is 0 Å². The Morgan fingerprint density at radius 1 is 1.10 bits per heavy atom. The molecule has 3 rings (SSSR count). The fourth-order valence-corrected chi connectivity index (χ4v) is 3.32. The van der Waals surface area contributed by atoms with Crippen LogP contribution < -0.4 is 9.47 Å². The van der Waals surface area contributed by atoms with Gasteiger partial charge in [0, 0.05) is 12.8 Å². The van der Waals surface area contributed by atoms with E-state index in [1.54, 1.807) is 7.11 Å². The van der Waals surface area contributed by atoms with Crippen molar-refractivity contribution in [2.75, 3.05) is 7.11 Å². The number of ether oxygens (including phenoxy) is 2. The van der Waals surface area contributed by atoms with Crippen LogP contribution in [0, 0.1) is 0 Å². The maximum absolute atomic E-state index is 11.5. The van der Waals surface area contributed by atoms with Gasteiger partial charge in [-0.15, -0.1) is 0 Å². The third-order valence-electron chi connectivity index (χ3n) is 4.50. The molecule has 0 spiro atoms. The van der Waals surface area contributed by atoms with Crippen molar-refractivity contribution in [3.05, 3.63) is 23.8 Å². The van der Waals surface area contributed by atoms with Gasteiger partial charge in [0.2, 0.25) is 0 Å². The Kier molecular flexibility index (Phi) is 3.95. The van der Waals surface area contributed by atoms with Crippen LogP contribution in [0.3, 0.4) is 0 Å². The summed E-state index contributed by atoms with van der Waals surface area (Å²) in [5.41, 5.74) is 1.21. The number of hydrogen-bond acceptors (Lipinski definition) is 3. The smallest absolute Gasteiger partial charge is 0.161 e. The van der Waals surface area contributed by atoms with Crippen molar-refractivity contribution in [3.63, 3.8) is 0 Å². The molecule has 0 radical (unpaired) electrons. The zero-order chi connectivity index (χ0) is 13.9. The van der Waals surface area contributed by atoms with E-state index in [0.717, 1.165) is 37.2 Å². The van der Waals surface area contributed by atoms with E-state index in [2.05, 4.69) is 12.1 Å². The second-order valence-corrected chi connectivity index (χ2v) is 5.91. The van der Waals surface area contributed by atoms with Crippen molar-refractivity contribution in [2.24, 2.45) is 0 Å². The first kappa shape index (κ1) is 13.5. The minimum Gasteiger partial charge on any atom is -0.493 e. The summed E-state index contributed by atoms with van der Waals surface area (Å²) in [6, 6.07) is 6.13. The van der Waals surface area contributed by atoms with Crippen LogP contribution in [0.15, 0.2) is 18.2 Å². The van der Waals surface area contributed by atoms with Gasteiger partial charge < -0.3 is 9.47 Å². The standard InChI is InChI=1S/C17H22O3/c1-19-16-9-7-13(12-6-8-14(18)10-12)11-17(16)20-15-4-2-3-5-15/h7,9,11-12,15H,2-6,8,10H2,1H3/t12-/m1/s1. The van der Waals surface area contributed by atoms with E-state index in [9.17, 15) is 4.79 Å². The van der Waals surface area contributed by atoms with Gasteiger partial charge in [0.15, 0.2) is 11.5 Å². The number of carbonyl (C=O) groups is 1. The first-order chi connectivity index (χ1) is 9.76. The maximum atomic E-state index is 11.5. The van der Waals surface area contributed by atoms with Gasteiger partial charge in [-0.05, 0) is 55.7 Å². The van der Waals surface area contributed by atoms with Gasteiger partial charge in [0.1, 0.15) is 5.78 Å². The Morgan fingerprint density at radius 2 is 1.90 bits per heavy atom. The van der Waals surface area contributed by atoms with Gasteiger partial charge in [-0.3, -0.25) is 4.79 Å². The second kappa shape index (κ2) is 5.86. The molecule has 108 valence electrons. The van der Waals surface area contributed by atoms with E-state index in [-0.39, 0.29) is 0 Å². The first-order valence-corrected chi connectivity index (χ1v) is 7.62. The van der Waals surface area contributed by atoms with Gasteiger partial charge in [-0.1, -0.05) is 6.07 Å². The lowest BCUT2D eigenvalue weighted by Crippen LogP contribution is -2.12. The van der Waals surface area contributed by atoms with E-state index in [1.807, 2.05) is 6.07 Å². The van der Waals surface area contributed by atoms with Gasteiger partial charge in [0.25, 0.3) is 0 Å². The molecule has 0 heterocycles. The van der Waals surface area contributed by atoms with Crippen LogP contribution in [0.5, 0.6) is 11.5 Å². The number of carbonyl (C=O) groups excluding carboxylic acids is 1. The molecule has 2 fully saturated rings. The summed E-state index contributed by atoms with van der Waals surface area (Å²) in [6.07, 6.45) is 7.46. The molecule has 1 aromatic rings. The lowest BCUT2D eigenvalue weighted by Gasteiger charge is -2.18. The second-order valence-electron chi connectivity index (χ2n) is 5.91. The number of Topliss-reactive ketones (excluding diaryl/α,β-unsaturated/α-hetero) is 1. The minimum atomic E-state index is 0.323. The van der Waals surface area contributed by atoms with Gasteiger partial charge >= 0.3 is 0 Å². The highest BCUT2D eigenvalue weighted by atomic mass is 16.5. The molecule has 0 bridgehead atoms. The monoisotopic (exact) mass is 274 g/mol. The van der Waals surface area contributed by atoms with E-state index in [0.29, 0.717) is 24.2 Å². The van der Waals surface area contributed by atoms with Crippen LogP contribution in [0.25, 0.3) is 0 Å². The zero-order valence-corrected chi connectivity index (χ0v) is 12.1. The van der Waals surface area contributed by atoms with Crippen molar-refractivity contribution in [2.45, 2.75) is 57.0 Å². The molecule has 0 aromatic heterocycles. The van der Waals surface area contributed by atoms with Crippen molar-refractivity contribution in [1.82, 2.24) is 0 Å². The van der Waals surface area contributed by atoms with E-state index >= 15 is 0 Å². The Balaban J connectivity index is 1.80. The first-order valence-electron chi connectivity index (χ1n) is 7.62. The molecule has 3 heteroatoms. The van der Waals surface area contributed by atoms with Gasteiger partial charge in [-0.2, -0.15) is 0 Å². The summed E-state index contributed by atoms with van der Waals surface area (Å²) in [4.78, 5) is 11.5. The topological polar surface area (TPSA) is 35.5 Å². The highest BCUT2D eigenvalue weighted by Gasteiger charge is 2.25. The highest BCUT2D eigenvalue weighted by Crippen LogP contribution is 2.38. The molecule has 0 aliphatic heterocycles. The Morgan fingerprint density at radius 3 is 2.55 bits per heavy atom. The molecule has 0 unspecified atom stereocenters. The average molecular weight is 274 g/mol. The molecule has 20 heavy (non-hydrogen) atoms. The summed E-state index contributed by atoms with van der Waals surface area (Å²) in [5, 5.41) is 0. The number of ketones is 1. The summed E-state index contributed by atoms with van der Waals surface area (Å²) in [5.74, 6) is 2.38. The minimum absolute atomic E-state index is 0.323. The molecular weight excluding hydrogens is 252 g/mol. The van der Waals surface area contributed by atoms with Crippen molar-refractivity contribution < 1.29 is 14.3 Å². The molecule has 2 aliphatic rings. The number of hydrogen-bond donors (Lipinski definition) is 0. The molecule has 0 N–H and O–H groups in total. The molecule has 3 nitrogen and oxygen atoms in total. The predicted molar refractivity (Wildman–Crippen MR) is 77.5 cm³/mol. The molecule has 1 atom stereocenters. The molecule has 2 saturated carbocycles. The highest BCUT2D eigenvalue weighted by molar-refractivity contribution is 5.81. The lowest BCUT2D eigenvalue weighted by molar-refractivity contribution is -0.117. The third kappa shape index (κ3) is 2.82. The summed E-state index contributed by atoms with van der Waals surface area (Å²) in [7, 11) is 1.68. The van der Waals surface area contributed by atoms with Crippen molar-refractivity contribution in [1.29, 1.82) is 0 Å². The number of rotatable bonds is 4. The predicted octanol–water partition coefficient (Wildman–Crippen LogP) is 3.85. The van der Waals surface area contributed by atoms with E-state index in [4.69, 9.17) is 9.47 Å². The van der Waals surface area contributed by atoms with Crippen LogP contribution in [0.4, 0.5) is 0 Å². The fourth-order valence-electron chi connectivity index (χ4n) is 3.32. The van der Waals surface area contributed by atoms with Gasteiger partial charge in [-0.25, -0.2) is 0 Å². The summed E-state index contributed by atoms with van der Waals surface area (Å²) >= 11 is 0. The van der Waals surface area contributed by atoms with Crippen LogP contribution in [0.2, 0.25) is 0 Å². The van der Waals surface area contributed by atoms with Crippen molar-refractivity contribution >= 4 is 5.78 Å². The third-order valence-corrected chi connectivity index (χ3v) is 4.50. The average Bonchev–Trinajstić information content (AvgIpc) is 3.10. The fraction of sp³-hybridized carbons (Fsp3) is 0.588. The SMILES string of the molecule is COc1ccc([C@@H]2CCC(=O)C2)cc1OC1CCCC1. The Labute approximate surface area is 120 Å². The lowest BCUT2D eigenvalue weighted by atomic mass is 9.97. The van der Waals surface area contributed by atoms with E-state index in [1.165, 1.54) is 18.4 Å². The molecule has 0 saturated heterocycles. The van der Waals surface area contributed by atoms with Crippen LogP contribution in [-0.4, -0.2) is 19.0 Å². The Bertz CT molecular complexity index is 489. The maximum Gasteiger partial charge on any atom is 0.161 e. The number of benzene rings is 1. The molecule has 0 amide bonds. The van der Waals surface area contributed by atoms with Crippen LogP contribution in [-0.2, 0) is 4.79 Å². The normalized spacial score (nSPS) is 23.2. The van der Waals surface area contributed by atoms with Gasteiger partial charge in [0.05, 0.1) is 13.2 Å². The number of methoxy groups -OCH3 is 1. The molecule has 1 aromatic carbocycles. The Hall–Kier alpha value is -1.51.